The van der Waals surface area contributed by atoms with E-state index in [-0.39, 0.29) is 47.3 Å². The number of aromatic nitrogens is 4. The number of nitrogens with zero attached hydrogens (tertiary/aromatic N) is 3. The highest BCUT2D eigenvalue weighted by Crippen LogP contribution is 2.65. The smallest absolute Gasteiger partial charge is 0.404 e. The van der Waals surface area contributed by atoms with Gasteiger partial charge in [0.15, 0.2) is 11.8 Å². The molecule has 2 bridgehead atoms. The van der Waals surface area contributed by atoms with Crippen LogP contribution in [0.1, 0.15) is 72.5 Å². The Labute approximate surface area is 230 Å². The highest BCUT2D eigenvalue weighted by Gasteiger charge is 2.68. The van der Waals surface area contributed by atoms with Crippen LogP contribution in [0.3, 0.4) is 0 Å². The Balaban J connectivity index is 1.43. The Morgan fingerprint density at radius 2 is 2.00 bits per heavy atom. The first-order valence-electron chi connectivity index (χ1n) is 14.1. The van der Waals surface area contributed by atoms with Gasteiger partial charge in [-0.05, 0) is 72.6 Å². The molecule has 2 amide bonds. The molecule has 4 aliphatic rings. The van der Waals surface area contributed by atoms with Crippen molar-refractivity contribution >= 4 is 24.9 Å². The second kappa shape index (κ2) is 11.8. The Morgan fingerprint density at radius 1 is 1.23 bits per heavy atom. The van der Waals surface area contributed by atoms with Crippen molar-refractivity contribution in [3.8, 4) is 0 Å². The topological polar surface area (TPSA) is 179 Å². The van der Waals surface area contributed by atoms with Crippen LogP contribution in [-0.2, 0) is 25.3 Å². The van der Waals surface area contributed by atoms with Crippen LogP contribution in [0.25, 0.3) is 0 Å². The van der Waals surface area contributed by atoms with Gasteiger partial charge in [-0.3, -0.25) is 15.0 Å². The molecule has 1 aromatic rings. The van der Waals surface area contributed by atoms with Crippen molar-refractivity contribution in [1.29, 1.82) is 5.41 Å². The summed E-state index contributed by atoms with van der Waals surface area (Å²) in [4.78, 5) is 26.4. The van der Waals surface area contributed by atoms with Crippen molar-refractivity contribution in [3.63, 3.8) is 0 Å². The molecule has 13 nitrogen and oxygen atoms in total. The highest BCUT2D eigenvalue weighted by molar-refractivity contribution is 6.48. The zero-order chi connectivity index (χ0) is 28.4. The van der Waals surface area contributed by atoms with Crippen LogP contribution in [-0.4, -0.2) is 82.8 Å². The first kappa shape index (κ1) is 29.3. The van der Waals surface area contributed by atoms with Gasteiger partial charge in [0.1, 0.15) is 6.04 Å². The first-order chi connectivity index (χ1) is 18.4. The maximum atomic E-state index is 13.6. The molecule has 216 valence electrons. The van der Waals surface area contributed by atoms with Crippen LogP contribution in [0, 0.1) is 28.6 Å². The van der Waals surface area contributed by atoms with Crippen LogP contribution in [0.15, 0.2) is 0 Å². The normalized spacial score (nSPS) is 28.2. The van der Waals surface area contributed by atoms with Gasteiger partial charge in [-0.25, -0.2) is 5.10 Å². The van der Waals surface area contributed by atoms with Gasteiger partial charge in [-0.2, -0.15) is 0 Å². The van der Waals surface area contributed by atoms with Gasteiger partial charge in [0.05, 0.1) is 24.1 Å². The number of amides is 2. The lowest BCUT2D eigenvalue weighted by Crippen LogP contribution is -2.65. The molecule has 2 heterocycles. The molecule has 0 spiro atoms. The number of aromatic amines is 1. The quantitative estimate of drug-likeness (QED) is 0.0947. The Kier molecular flexibility index (Phi) is 8.84. The molecular weight excluding hydrogens is 501 g/mol. The van der Waals surface area contributed by atoms with E-state index in [0.29, 0.717) is 49.4 Å². The number of H-pyrrole nitrogens is 1. The summed E-state index contributed by atoms with van der Waals surface area (Å²) in [6.45, 7) is 11.5. The van der Waals surface area contributed by atoms with E-state index >= 15 is 0 Å². The van der Waals surface area contributed by atoms with Gasteiger partial charge in [-0.15, -0.1) is 5.10 Å². The van der Waals surface area contributed by atoms with Gasteiger partial charge >= 0.3 is 7.12 Å². The van der Waals surface area contributed by atoms with E-state index in [0.717, 1.165) is 12.8 Å². The zero-order valence-electron chi connectivity index (χ0n) is 24.0. The lowest BCUT2D eigenvalue weighted by molar-refractivity contribution is -0.199. The summed E-state index contributed by atoms with van der Waals surface area (Å²) in [5, 5.41) is 32.7. The molecule has 5 rings (SSSR count). The molecule has 3 saturated carbocycles. The molecule has 39 heavy (non-hydrogen) atoms. The second-order valence-electron chi connectivity index (χ2n) is 12.4. The fourth-order valence-corrected chi connectivity index (χ4v) is 6.63. The number of guanidine groups is 1. The van der Waals surface area contributed by atoms with E-state index in [2.05, 4.69) is 76.5 Å². The van der Waals surface area contributed by atoms with Crippen LogP contribution in [0.5, 0.6) is 0 Å². The molecule has 6 atom stereocenters. The molecule has 1 aromatic heterocycles. The average molecular weight is 545 g/mol. The number of carbonyl (C=O) groups excluding carboxylic acids is 2. The number of hydrogen-bond donors (Lipinski definition) is 6. The minimum Gasteiger partial charge on any atom is -0.404 e. The summed E-state index contributed by atoms with van der Waals surface area (Å²) in [5.41, 5.74) is -0.141. The molecular formula is C25H44BN9O4. The SMILES string of the molecule is CNC(=N)NCCC[C@H](NC(=O)Cc1nnn[nH]1)C(=O)N[C@@H](CC(C)C)B1O[C@@H]2C[C@@H]3C[C@@H](C3(C)C)[C@]2(C)O1. The van der Waals surface area contributed by atoms with E-state index in [1.165, 1.54) is 0 Å². The maximum absolute atomic E-state index is 13.6. The molecule has 0 aromatic carbocycles. The monoisotopic (exact) mass is 545 g/mol. The van der Waals surface area contributed by atoms with Crippen molar-refractivity contribution in [2.45, 2.75) is 96.8 Å². The summed E-state index contributed by atoms with van der Waals surface area (Å²) in [6.07, 6.45) is 3.72. The summed E-state index contributed by atoms with van der Waals surface area (Å²) in [6, 6.07) is -0.778. The molecule has 0 unspecified atom stereocenters. The van der Waals surface area contributed by atoms with Crippen molar-refractivity contribution in [3.05, 3.63) is 5.82 Å². The third-order valence-corrected chi connectivity index (χ3v) is 8.94. The van der Waals surface area contributed by atoms with E-state index in [1.807, 2.05) is 0 Å². The van der Waals surface area contributed by atoms with Gasteiger partial charge in [0, 0.05) is 13.6 Å². The molecule has 1 saturated heterocycles. The maximum Gasteiger partial charge on any atom is 0.481 e. The minimum absolute atomic E-state index is 0.0189. The fraction of sp³-hybridized carbons (Fsp3) is 0.840. The lowest BCUT2D eigenvalue weighted by atomic mass is 9.43. The summed E-state index contributed by atoms with van der Waals surface area (Å²) in [5.74, 6) is 0.873. The van der Waals surface area contributed by atoms with Gasteiger partial charge in [-0.1, -0.05) is 27.7 Å². The largest absolute Gasteiger partial charge is 0.481 e. The lowest BCUT2D eigenvalue weighted by Gasteiger charge is -2.64. The van der Waals surface area contributed by atoms with Crippen molar-refractivity contribution < 1.29 is 18.9 Å². The third-order valence-electron chi connectivity index (χ3n) is 8.94. The van der Waals surface area contributed by atoms with Crippen molar-refractivity contribution in [2.75, 3.05) is 13.6 Å². The summed E-state index contributed by atoms with van der Waals surface area (Å²) >= 11 is 0. The number of carbonyl (C=O) groups is 2. The van der Waals surface area contributed by atoms with E-state index in [1.54, 1.807) is 7.05 Å². The third kappa shape index (κ3) is 6.37. The van der Waals surface area contributed by atoms with Crippen molar-refractivity contribution in [1.82, 2.24) is 41.9 Å². The fourth-order valence-electron chi connectivity index (χ4n) is 6.63. The first-order valence-corrected chi connectivity index (χ1v) is 14.1. The van der Waals surface area contributed by atoms with Crippen LogP contribution in [0.2, 0.25) is 0 Å². The van der Waals surface area contributed by atoms with E-state index in [9.17, 15) is 9.59 Å². The van der Waals surface area contributed by atoms with Crippen LogP contribution < -0.4 is 21.3 Å². The Bertz CT molecular complexity index is 1020. The Hall–Kier alpha value is -2.74. The van der Waals surface area contributed by atoms with E-state index < -0.39 is 13.2 Å². The summed E-state index contributed by atoms with van der Waals surface area (Å²) in [7, 11) is 1.11. The molecule has 3 aliphatic carbocycles. The molecule has 14 heteroatoms. The predicted molar refractivity (Wildman–Crippen MR) is 145 cm³/mol. The van der Waals surface area contributed by atoms with Crippen molar-refractivity contribution in [2.24, 2.45) is 23.2 Å². The molecule has 1 aliphatic heterocycles. The summed E-state index contributed by atoms with van der Waals surface area (Å²) < 4.78 is 13.2. The number of nitrogens with one attached hydrogen (secondary N) is 6. The van der Waals surface area contributed by atoms with Crippen LogP contribution in [0.4, 0.5) is 0 Å². The predicted octanol–water partition coefficient (Wildman–Crippen LogP) is 0.549. The average Bonchev–Trinajstić information content (AvgIpc) is 3.51. The molecule has 6 N–H and O–H groups in total. The van der Waals surface area contributed by atoms with Gasteiger partial charge in [0.25, 0.3) is 0 Å². The number of rotatable bonds is 12. The van der Waals surface area contributed by atoms with Crippen LogP contribution >= 0.6 is 0 Å². The number of tetrazole rings is 1. The second-order valence-corrected chi connectivity index (χ2v) is 12.4. The zero-order valence-corrected chi connectivity index (χ0v) is 24.0. The molecule has 4 fully saturated rings. The molecule has 0 radical (unpaired) electrons. The highest BCUT2D eigenvalue weighted by atomic mass is 16.7. The minimum atomic E-state index is -0.778. The number of hydrogen-bond acceptors (Lipinski definition) is 8. The Morgan fingerprint density at radius 3 is 2.64 bits per heavy atom. The van der Waals surface area contributed by atoms with Gasteiger partial charge in [0.2, 0.25) is 11.8 Å². The van der Waals surface area contributed by atoms with E-state index in [4.69, 9.17) is 14.7 Å². The van der Waals surface area contributed by atoms with Gasteiger partial charge < -0.3 is 30.6 Å². The standard InChI is InChI=1S/C25H44BN9O4/c1-14(2)10-19(26-38-18-12-15-11-17(24(15,3)4)25(18,5)39-26)31-22(37)16(8-7-9-29-23(27)28-6)30-21(36)13-20-32-34-35-33-20/h14-19H,7-13H2,1-6H3,(H,30,36)(H,31,37)(H3,27,28,29)(H,32,33,34,35)/t15-,16-,17-,18+,19-,25-/m0/s1.